The molecule has 32 heavy (non-hydrogen) atoms. The van der Waals surface area contributed by atoms with Crippen molar-refractivity contribution >= 4 is 12.1 Å². The van der Waals surface area contributed by atoms with Crippen molar-refractivity contribution in [1.82, 2.24) is 5.32 Å². The first-order valence-electron chi connectivity index (χ1n) is 9.87. The molecule has 0 aliphatic heterocycles. The van der Waals surface area contributed by atoms with Gasteiger partial charge in [0, 0.05) is 17.9 Å². The quantitative estimate of drug-likeness (QED) is 0.535. The number of nitrogens with one attached hydrogen (secondary N) is 1. The molecule has 4 rings (SSSR count). The van der Waals surface area contributed by atoms with Gasteiger partial charge in [-0.1, -0.05) is 48.5 Å². The molecule has 6 nitrogen and oxygen atoms in total. The van der Waals surface area contributed by atoms with E-state index in [2.05, 4.69) is 5.32 Å². The largest absolute Gasteiger partial charge is 0.505 e. The summed E-state index contributed by atoms with van der Waals surface area (Å²) >= 11 is 0. The number of phenolic OH excluding ortho intramolecular Hbond substituents is 1. The molecule has 0 saturated heterocycles. The molecule has 3 N–H and O–H groups in total. The number of carbonyl (C=O) groups is 2. The van der Waals surface area contributed by atoms with Gasteiger partial charge < -0.3 is 20.3 Å². The Balaban J connectivity index is 1.46. The van der Waals surface area contributed by atoms with Crippen LogP contribution in [0.25, 0.3) is 11.1 Å². The molecule has 1 unspecified atom stereocenters. The van der Waals surface area contributed by atoms with Crippen molar-refractivity contribution < 1.29 is 33.3 Å². The topological polar surface area (TPSA) is 95.9 Å². The van der Waals surface area contributed by atoms with Crippen LogP contribution >= 0.6 is 0 Å². The van der Waals surface area contributed by atoms with E-state index in [1.165, 1.54) is 0 Å². The Morgan fingerprint density at radius 3 is 2.16 bits per heavy atom. The summed E-state index contributed by atoms with van der Waals surface area (Å²) in [6.45, 7) is -0.0406. The highest BCUT2D eigenvalue weighted by Crippen LogP contribution is 2.44. The number of fused-ring (bicyclic) bond motifs is 3. The number of rotatable bonds is 6. The molecule has 1 aliphatic rings. The van der Waals surface area contributed by atoms with Crippen molar-refractivity contribution in [2.45, 2.75) is 18.4 Å². The van der Waals surface area contributed by atoms with E-state index < -0.39 is 47.5 Å². The second-order valence-electron chi connectivity index (χ2n) is 7.42. The zero-order chi connectivity index (χ0) is 22.8. The van der Waals surface area contributed by atoms with Gasteiger partial charge in [-0.15, -0.1) is 0 Å². The van der Waals surface area contributed by atoms with Crippen LogP contribution in [0.3, 0.4) is 0 Å². The molecule has 0 radical (unpaired) electrons. The fraction of sp³-hybridized carbons (Fsp3) is 0.167. The molecule has 0 spiro atoms. The molecule has 0 heterocycles. The predicted octanol–water partition coefficient (Wildman–Crippen LogP) is 4.20. The first-order valence-corrected chi connectivity index (χ1v) is 9.87. The number of aromatic hydroxyl groups is 1. The summed E-state index contributed by atoms with van der Waals surface area (Å²) in [4.78, 5) is 23.9. The highest BCUT2D eigenvalue weighted by atomic mass is 19.1. The number of hydrogen-bond acceptors (Lipinski definition) is 4. The lowest BCUT2D eigenvalue weighted by Gasteiger charge is -2.18. The van der Waals surface area contributed by atoms with Gasteiger partial charge in [0.15, 0.2) is 11.6 Å². The van der Waals surface area contributed by atoms with Crippen LogP contribution in [-0.2, 0) is 16.0 Å². The molecule has 3 aromatic carbocycles. The van der Waals surface area contributed by atoms with Gasteiger partial charge >= 0.3 is 12.1 Å². The van der Waals surface area contributed by atoms with Gasteiger partial charge in [-0.25, -0.2) is 18.4 Å². The molecular formula is C24H19F2NO5. The van der Waals surface area contributed by atoms with Gasteiger partial charge in [0.2, 0.25) is 0 Å². The second-order valence-corrected chi connectivity index (χ2v) is 7.42. The first-order chi connectivity index (χ1) is 15.4. The van der Waals surface area contributed by atoms with Crippen LogP contribution in [0, 0.1) is 11.6 Å². The molecule has 0 fully saturated rings. The molecule has 1 amide bonds. The number of benzene rings is 3. The van der Waals surface area contributed by atoms with Gasteiger partial charge in [0.1, 0.15) is 18.5 Å². The fourth-order valence-electron chi connectivity index (χ4n) is 3.96. The Hall–Kier alpha value is -3.94. The summed E-state index contributed by atoms with van der Waals surface area (Å²) in [5.41, 5.74) is 3.41. The molecule has 0 saturated carbocycles. The lowest BCUT2D eigenvalue weighted by Crippen LogP contribution is -2.43. The molecule has 1 atom stereocenters. The van der Waals surface area contributed by atoms with Crippen molar-refractivity contribution in [1.29, 1.82) is 0 Å². The summed E-state index contributed by atoms with van der Waals surface area (Å²) in [5.74, 6) is -4.84. The number of carboxylic acid groups (broad SMARTS) is 1. The number of phenols is 1. The van der Waals surface area contributed by atoms with Gasteiger partial charge in [-0.2, -0.15) is 0 Å². The summed E-state index contributed by atoms with van der Waals surface area (Å²) in [7, 11) is 0. The monoisotopic (exact) mass is 439 g/mol. The Morgan fingerprint density at radius 1 is 0.969 bits per heavy atom. The molecule has 3 aromatic rings. The van der Waals surface area contributed by atoms with Crippen LogP contribution in [0.15, 0.2) is 60.7 Å². The van der Waals surface area contributed by atoms with Gasteiger partial charge in [-0.3, -0.25) is 0 Å². The summed E-state index contributed by atoms with van der Waals surface area (Å²) < 4.78 is 33.3. The minimum Gasteiger partial charge on any atom is -0.505 e. The van der Waals surface area contributed by atoms with E-state index in [9.17, 15) is 28.6 Å². The van der Waals surface area contributed by atoms with Gasteiger partial charge in [-0.05, 0) is 34.4 Å². The van der Waals surface area contributed by atoms with Crippen LogP contribution in [-0.4, -0.2) is 34.9 Å². The summed E-state index contributed by atoms with van der Waals surface area (Å²) in [6.07, 6.45) is -1.73. The zero-order valence-electron chi connectivity index (χ0n) is 16.7. The van der Waals surface area contributed by atoms with Gasteiger partial charge in [0.05, 0.1) is 0 Å². The van der Waals surface area contributed by atoms with Crippen molar-refractivity contribution in [2.24, 2.45) is 0 Å². The van der Waals surface area contributed by atoms with Crippen LogP contribution in [0.1, 0.15) is 22.6 Å². The minimum atomic E-state index is -1.66. The van der Waals surface area contributed by atoms with Crippen LogP contribution in [0.4, 0.5) is 13.6 Å². The van der Waals surface area contributed by atoms with Crippen molar-refractivity contribution in [3.63, 3.8) is 0 Å². The number of carboxylic acids is 1. The van der Waals surface area contributed by atoms with Crippen molar-refractivity contribution in [2.75, 3.05) is 6.61 Å². The number of halogens is 2. The molecule has 0 bridgehead atoms. The normalized spacial score (nSPS) is 13.2. The first kappa shape index (κ1) is 21.3. The lowest BCUT2D eigenvalue weighted by atomic mass is 9.98. The molecular weight excluding hydrogens is 420 g/mol. The average Bonchev–Trinajstić information content (AvgIpc) is 3.11. The highest BCUT2D eigenvalue weighted by Gasteiger charge is 2.30. The van der Waals surface area contributed by atoms with E-state index >= 15 is 0 Å². The third-order valence-electron chi connectivity index (χ3n) is 5.51. The van der Waals surface area contributed by atoms with E-state index in [1.807, 2.05) is 48.5 Å². The maximum absolute atomic E-state index is 14.0. The van der Waals surface area contributed by atoms with Crippen LogP contribution < -0.4 is 5.32 Å². The zero-order valence-corrected chi connectivity index (χ0v) is 16.7. The Labute approximate surface area is 182 Å². The van der Waals surface area contributed by atoms with E-state index in [0.29, 0.717) is 0 Å². The number of hydrogen-bond donors (Lipinski definition) is 3. The number of ether oxygens (including phenoxy) is 1. The maximum Gasteiger partial charge on any atom is 0.407 e. The number of amides is 1. The number of alkyl carbamates (subject to hydrolysis) is 1. The van der Waals surface area contributed by atoms with E-state index in [-0.39, 0.29) is 12.5 Å². The fourth-order valence-corrected chi connectivity index (χ4v) is 3.96. The van der Waals surface area contributed by atoms with Crippen molar-refractivity contribution in [3.05, 3.63) is 89.0 Å². The summed E-state index contributed by atoms with van der Waals surface area (Å²) in [6, 6.07) is 15.4. The lowest BCUT2D eigenvalue weighted by molar-refractivity contribution is -0.139. The molecule has 0 aromatic heterocycles. The van der Waals surface area contributed by atoms with E-state index in [4.69, 9.17) is 4.74 Å². The van der Waals surface area contributed by atoms with Crippen molar-refractivity contribution in [3.8, 4) is 16.9 Å². The molecule has 164 valence electrons. The predicted molar refractivity (Wildman–Crippen MR) is 111 cm³/mol. The van der Waals surface area contributed by atoms with E-state index in [1.54, 1.807) is 0 Å². The third kappa shape index (κ3) is 3.99. The third-order valence-corrected chi connectivity index (χ3v) is 5.51. The molecule has 8 heteroatoms. The highest BCUT2D eigenvalue weighted by molar-refractivity contribution is 5.81. The van der Waals surface area contributed by atoms with E-state index in [0.717, 1.165) is 34.4 Å². The van der Waals surface area contributed by atoms with Crippen LogP contribution in [0.5, 0.6) is 5.75 Å². The van der Waals surface area contributed by atoms with Gasteiger partial charge in [0.25, 0.3) is 0 Å². The Kier molecular flexibility index (Phi) is 5.77. The standard InChI is InChI=1S/C24H19F2NO5/c25-19-9-10-21(28)22(26)17(19)11-20(23(29)30)27-24(31)32-12-18-15-7-3-1-5-13(15)14-6-2-4-8-16(14)18/h1-10,18,20,28H,11-12H2,(H,27,31)(H,29,30). The second kappa shape index (κ2) is 8.66. The average molecular weight is 439 g/mol. The Bertz CT molecular complexity index is 1150. The SMILES string of the molecule is O=C(NC(Cc1c(F)ccc(O)c1F)C(=O)O)OCC1c2ccccc2-c2ccccc21. The summed E-state index contributed by atoms with van der Waals surface area (Å²) in [5, 5.41) is 21.0. The number of carbonyl (C=O) groups excluding carboxylic acids is 1. The smallest absolute Gasteiger partial charge is 0.407 e. The Morgan fingerprint density at radius 2 is 1.56 bits per heavy atom. The number of aliphatic carboxylic acids is 1. The maximum atomic E-state index is 14.0. The van der Waals surface area contributed by atoms with Crippen LogP contribution in [0.2, 0.25) is 0 Å². The minimum absolute atomic E-state index is 0.0406. The molecule has 1 aliphatic carbocycles.